The van der Waals surface area contributed by atoms with Crippen LogP contribution in [0.1, 0.15) is 16.7 Å². The first-order valence-electron chi connectivity index (χ1n) is 8.73. The first-order chi connectivity index (χ1) is 13.5. The van der Waals surface area contributed by atoms with Crippen molar-refractivity contribution in [3.8, 4) is 5.75 Å². The summed E-state index contributed by atoms with van der Waals surface area (Å²) in [6, 6.07) is 13.8. The summed E-state index contributed by atoms with van der Waals surface area (Å²) in [6.45, 7) is 4.61. The van der Waals surface area contributed by atoms with Gasteiger partial charge in [0.25, 0.3) is 0 Å². The Labute approximate surface area is 172 Å². The molecular formula is C20H22N4O2S2. The molecule has 146 valence electrons. The minimum Gasteiger partial charge on any atom is -0.497 e. The van der Waals surface area contributed by atoms with E-state index in [0.29, 0.717) is 17.4 Å². The van der Waals surface area contributed by atoms with Crippen molar-refractivity contribution >= 4 is 39.8 Å². The maximum Gasteiger partial charge on any atom is 0.230 e. The molecule has 6 nitrogen and oxygen atoms in total. The standard InChI is InChI=1S/C20H22N4O2S2/c1-13-4-9-17(14(2)10-13)22-19-23-24-20(28-19)27-12-18(25)21-11-15-5-7-16(26-3)8-6-15/h4-10H,11-12H2,1-3H3,(H,21,25)(H,22,23). The number of nitrogens with one attached hydrogen (secondary N) is 2. The number of carbonyl (C=O) groups is 1. The van der Waals surface area contributed by atoms with Crippen molar-refractivity contribution in [3.05, 3.63) is 59.2 Å². The maximum absolute atomic E-state index is 12.1. The van der Waals surface area contributed by atoms with E-state index in [9.17, 15) is 4.79 Å². The zero-order chi connectivity index (χ0) is 19.9. The van der Waals surface area contributed by atoms with Crippen LogP contribution < -0.4 is 15.4 Å². The predicted octanol–water partition coefficient (Wildman–Crippen LogP) is 4.32. The van der Waals surface area contributed by atoms with Gasteiger partial charge in [0.2, 0.25) is 11.0 Å². The van der Waals surface area contributed by atoms with E-state index in [1.807, 2.05) is 30.3 Å². The third kappa shape index (κ3) is 5.71. The predicted molar refractivity (Wildman–Crippen MR) is 115 cm³/mol. The summed E-state index contributed by atoms with van der Waals surface area (Å²) in [5, 5.41) is 15.2. The maximum atomic E-state index is 12.1. The number of benzene rings is 2. The number of ether oxygens (including phenoxy) is 1. The van der Waals surface area contributed by atoms with Gasteiger partial charge in [0.15, 0.2) is 4.34 Å². The van der Waals surface area contributed by atoms with Gasteiger partial charge in [-0.15, -0.1) is 10.2 Å². The Balaban J connectivity index is 1.46. The van der Waals surface area contributed by atoms with Crippen LogP contribution in [0.3, 0.4) is 0 Å². The fraction of sp³-hybridized carbons (Fsp3) is 0.250. The second-order valence-corrected chi connectivity index (χ2v) is 8.43. The Morgan fingerprint density at radius 1 is 1.14 bits per heavy atom. The first-order valence-corrected chi connectivity index (χ1v) is 10.5. The average molecular weight is 415 g/mol. The van der Waals surface area contributed by atoms with Crippen molar-refractivity contribution in [1.29, 1.82) is 0 Å². The summed E-state index contributed by atoms with van der Waals surface area (Å²) < 4.78 is 5.88. The summed E-state index contributed by atoms with van der Waals surface area (Å²) >= 11 is 2.82. The summed E-state index contributed by atoms with van der Waals surface area (Å²) in [4.78, 5) is 12.1. The normalized spacial score (nSPS) is 10.5. The van der Waals surface area contributed by atoms with E-state index in [1.54, 1.807) is 7.11 Å². The highest BCUT2D eigenvalue weighted by molar-refractivity contribution is 8.01. The Kier molecular flexibility index (Phi) is 6.89. The van der Waals surface area contributed by atoms with Crippen LogP contribution in [0.15, 0.2) is 46.8 Å². The molecule has 1 heterocycles. The number of hydrogen-bond donors (Lipinski definition) is 2. The molecule has 0 aliphatic heterocycles. The Hall–Kier alpha value is -2.58. The molecule has 3 aromatic rings. The Bertz CT molecular complexity index is 942. The van der Waals surface area contributed by atoms with Gasteiger partial charge in [0, 0.05) is 12.2 Å². The molecular weight excluding hydrogens is 392 g/mol. The van der Waals surface area contributed by atoms with E-state index in [4.69, 9.17) is 4.74 Å². The van der Waals surface area contributed by atoms with Crippen LogP contribution in [0.2, 0.25) is 0 Å². The van der Waals surface area contributed by atoms with Gasteiger partial charge in [-0.3, -0.25) is 4.79 Å². The molecule has 3 rings (SSSR count). The fourth-order valence-electron chi connectivity index (χ4n) is 2.51. The molecule has 2 aromatic carbocycles. The number of thioether (sulfide) groups is 1. The highest BCUT2D eigenvalue weighted by Gasteiger charge is 2.09. The van der Waals surface area contributed by atoms with Crippen LogP contribution in [0.5, 0.6) is 5.75 Å². The molecule has 0 fully saturated rings. The minimum atomic E-state index is -0.0418. The highest BCUT2D eigenvalue weighted by Crippen LogP contribution is 2.28. The van der Waals surface area contributed by atoms with E-state index in [-0.39, 0.29) is 5.91 Å². The van der Waals surface area contributed by atoms with Crippen molar-refractivity contribution in [2.45, 2.75) is 24.7 Å². The lowest BCUT2D eigenvalue weighted by Gasteiger charge is -2.06. The quantitative estimate of drug-likeness (QED) is 0.535. The minimum absolute atomic E-state index is 0.0418. The lowest BCUT2D eigenvalue weighted by molar-refractivity contribution is -0.118. The summed E-state index contributed by atoms with van der Waals surface area (Å²) in [5.74, 6) is 1.06. The molecule has 0 unspecified atom stereocenters. The van der Waals surface area contributed by atoms with E-state index in [2.05, 4.69) is 46.8 Å². The smallest absolute Gasteiger partial charge is 0.230 e. The fourth-order valence-corrected chi connectivity index (χ4v) is 4.10. The molecule has 0 saturated carbocycles. The molecule has 1 amide bonds. The molecule has 8 heteroatoms. The number of nitrogens with zero attached hydrogens (tertiary/aromatic N) is 2. The zero-order valence-electron chi connectivity index (χ0n) is 16.0. The summed E-state index contributed by atoms with van der Waals surface area (Å²) in [5.41, 5.74) is 4.41. The SMILES string of the molecule is COc1ccc(CNC(=O)CSc2nnc(Nc3ccc(C)cc3C)s2)cc1. The van der Waals surface area contributed by atoms with Crippen molar-refractivity contribution in [2.24, 2.45) is 0 Å². The number of anilines is 2. The number of carbonyl (C=O) groups excluding carboxylic acids is 1. The lowest BCUT2D eigenvalue weighted by Crippen LogP contribution is -2.24. The van der Waals surface area contributed by atoms with E-state index >= 15 is 0 Å². The third-order valence-electron chi connectivity index (χ3n) is 4.01. The van der Waals surface area contributed by atoms with E-state index in [1.165, 1.54) is 28.7 Å². The average Bonchev–Trinajstić information content (AvgIpc) is 3.15. The second-order valence-electron chi connectivity index (χ2n) is 6.23. The molecule has 28 heavy (non-hydrogen) atoms. The van der Waals surface area contributed by atoms with Crippen molar-refractivity contribution < 1.29 is 9.53 Å². The van der Waals surface area contributed by atoms with Crippen LogP contribution in [0, 0.1) is 13.8 Å². The van der Waals surface area contributed by atoms with Crippen molar-refractivity contribution in [2.75, 3.05) is 18.2 Å². The van der Waals surface area contributed by atoms with Gasteiger partial charge in [0.1, 0.15) is 5.75 Å². The number of aryl methyl sites for hydroxylation is 2. The summed E-state index contributed by atoms with van der Waals surface area (Å²) in [6.07, 6.45) is 0. The monoisotopic (exact) mass is 414 g/mol. The molecule has 0 radical (unpaired) electrons. The Morgan fingerprint density at radius 3 is 2.64 bits per heavy atom. The molecule has 1 aromatic heterocycles. The number of amides is 1. The van der Waals surface area contributed by atoms with E-state index < -0.39 is 0 Å². The number of methoxy groups -OCH3 is 1. The van der Waals surface area contributed by atoms with Gasteiger partial charge in [-0.1, -0.05) is 52.9 Å². The van der Waals surface area contributed by atoms with E-state index in [0.717, 1.165) is 26.9 Å². The van der Waals surface area contributed by atoms with Gasteiger partial charge in [-0.25, -0.2) is 0 Å². The topological polar surface area (TPSA) is 76.1 Å². The molecule has 0 atom stereocenters. The molecule has 0 saturated heterocycles. The second kappa shape index (κ2) is 9.57. The molecule has 0 aliphatic rings. The first kappa shape index (κ1) is 20.2. The van der Waals surface area contributed by atoms with Crippen molar-refractivity contribution in [3.63, 3.8) is 0 Å². The zero-order valence-corrected chi connectivity index (χ0v) is 17.6. The van der Waals surface area contributed by atoms with Crippen molar-refractivity contribution in [1.82, 2.24) is 15.5 Å². The van der Waals surface area contributed by atoms with Gasteiger partial charge in [-0.2, -0.15) is 0 Å². The lowest BCUT2D eigenvalue weighted by atomic mass is 10.1. The van der Waals surface area contributed by atoms with Crippen LogP contribution >= 0.6 is 23.1 Å². The van der Waals surface area contributed by atoms with Crippen LogP contribution in [0.4, 0.5) is 10.8 Å². The summed E-state index contributed by atoms with van der Waals surface area (Å²) in [7, 11) is 1.63. The number of aromatic nitrogens is 2. The van der Waals surface area contributed by atoms with Crippen LogP contribution in [0.25, 0.3) is 0 Å². The Morgan fingerprint density at radius 2 is 1.93 bits per heavy atom. The highest BCUT2D eigenvalue weighted by atomic mass is 32.2. The van der Waals surface area contributed by atoms with Crippen LogP contribution in [-0.2, 0) is 11.3 Å². The van der Waals surface area contributed by atoms with Gasteiger partial charge in [0.05, 0.1) is 12.9 Å². The number of rotatable bonds is 8. The van der Waals surface area contributed by atoms with Gasteiger partial charge in [-0.05, 0) is 43.2 Å². The molecule has 0 bridgehead atoms. The van der Waals surface area contributed by atoms with Crippen LogP contribution in [-0.4, -0.2) is 29.0 Å². The van der Waals surface area contributed by atoms with Gasteiger partial charge >= 0.3 is 0 Å². The molecule has 0 spiro atoms. The molecule has 2 N–H and O–H groups in total. The molecule has 0 aliphatic carbocycles. The largest absolute Gasteiger partial charge is 0.497 e. The van der Waals surface area contributed by atoms with Gasteiger partial charge < -0.3 is 15.4 Å². The third-order valence-corrected chi connectivity index (χ3v) is 5.98. The number of hydrogen-bond acceptors (Lipinski definition) is 7.